The number of nitrogens with one attached hydrogen (secondary N) is 2. The highest BCUT2D eigenvalue weighted by Gasteiger charge is 2.47. The van der Waals surface area contributed by atoms with Crippen molar-refractivity contribution in [2.24, 2.45) is 0 Å². The molecule has 0 aromatic heterocycles. The molecule has 30 heavy (non-hydrogen) atoms. The number of carbonyl (C=O) groups excluding carboxylic acids is 3. The van der Waals surface area contributed by atoms with Gasteiger partial charge in [0.05, 0.1) is 16.1 Å². The van der Waals surface area contributed by atoms with Crippen molar-refractivity contribution in [2.45, 2.75) is 38.3 Å². The van der Waals surface area contributed by atoms with Crippen LogP contribution in [0.25, 0.3) is 0 Å². The van der Waals surface area contributed by atoms with Crippen LogP contribution in [0.3, 0.4) is 0 Å². The van der Waals surface area contributed by atoms with Gasteiger partial charge in [-0.25, -0.2) is 4.79 Å². The van der Waals surface area contributed by atoms with Crippen molar-refractivity contribution in [3.05, 3.63) is 69.7 Å². The summed E-state index contributed by atoms with van der Waals surface area (Å²) in [4.78, 5) is 38.7. The Morgan fingerprint density at radius 2 is 1.83 bits per heavy atom. The van der Waals surface area contributed by atoms with E-state index in [2.05, 4.69) is 10.6 Å². The van der Waals surface area contributed by atoms with Gasteiger partial charge >= 0.3 is 6.03 Å². The van der Waals surface area contributed by atoms with Gasteiger partial charge in [-0.2, -0.15) is 0 Å². The van der Waals surface area contributed by atoms with E-state index in [1.165, 1.54) is 0 Å². The van der Waals surface area contributed by atoms with Crippen molar-refractivity contribution in [1.82, 2.24) is 15.5 Å². The number of amides is 4. The van der Waals surface area contributed by atoms with Crippen molar-refractivity contribution in [2.75, 3.05) is 6.54 Å². The number of hydrogen-bond donors (Lipinski definition) is 2. The fourth-order valence-electron chi connectivity index (χ4n) is 3.39. The third kappa shape index (κ3) is 4.94. The number of hydrogen-bond acceptors (Lipinski definition) is 3. The molecule has 2 aromatic carbocycles. The van der Waals surface area contributed by atoms with Crippen LogP contribution in [-0.2, 0) is 16.0 Å². The van der Waals surface area contributed by atoms with Gasteiger partial charge in [-0.05, 0) is 49.9 Å². The first-order valence-corrected chi connectivity index (χ1v) is 10.4. The number of benzene rings is 2. The molecule has 0 radical (unpaired) electrons. The van der Waals surface area contributed by atoms with Gasteiger partial charge in [0.25, 0.3) is 5.91 Å². The van der Waals surface area contributed by atoms with E-state index >= 15 is 0 Å². The second-order valence-electron chi connectivity index (χ2n) is 7.60. The first-order valence-electron chi connectivity index (χ1n) is 9.62. The largest absolute Gasteiger partial charge is 0.348 e. The molecule has 3 rings (SSSR count). The Kier molecular flexibility index (Phi) is 6.68. The van der Waals surface area contributed by atoms with Crippen molar-refractivity contribution in [3.63, 3.8) is 0 Å². The highest BCUT2D eigenvalue weighted by atomic mass is 35.5. The molecule has 0 bridgehead atoms. The molecule has 0 spiro atoms. The molecule has 1 aliphatic heterocycles. The number of nitrogens with zero attached hydrogens (tertiary/aromatic N) is 1. The molecule has 1 aliphatic rings. The first-order chi connectivity index (χ1) is 14.2. The fourth-order valence-corrected chi connectivity index (χ4v) is 3.70. The van der Waals surface area contributed by atoms with Crippen molar-refractivity contribution < 1.29 is 14.4 Å². The minimum absolute atomic E-state index is 0.350. The van der Waals surface area contributed by atoms with Crippen LogP contribution in [-0.4, -0.2) is 34.8 Å². The van der Waals surface area contributed by atoms with E-state index in [9.17, 15) is 14.4 Å². The number of aryl methyl sites for hydroxylation is 1. The summed E-state index contributed by atoms with van der Waals surface area (Å²) < 4.78 is 0. The van der Waals surface area contributed by atoms with Crippen LogP contribution < -0.4 is 10.6 Å². The quantitative estimate of drug-likeness (QED) is 0.626. The zero-order chi connectivity index (χ0) is 21.9. The van der Waals surface area contributed by atoms with E-state index in [-0.39, 0.29) is 12.6 Å². The Morgan fingerprint density at radius 3 is 2.50 bits per heavy atom. The standard InChI is InChI=1S/C22H23Cl2N3O3/c1-14(16-8-9-17(23)18(24)12-16)25-19(28)13-27-20(29)22(2,26-21(27)30)11-10-15-6-4-3-5-7-15/h3-9,12,14H,10-11,13H2,1-2H3,(H,25,28)(H,26,30)/t14-,22-/m1/s1. The molecule has 6 nitrogen and oxygen atoms in total. The Bertz CT molecular complexity index is 967. The van der Waals surface area contributed by atoms with Gasteiger partial charge < -0.3 is 10.6 Å². The molecule has 158 valence electrons. The summed E-state index contributed by atoms with van der Waals surface area (Å²) in [5.41, 5.74) is 0.803. The zero-order valence-corrected chi connectivity index (χ0v) is 18.3. The third-order valence-corrected chi connectivity index (χ3v) is 5.96. The number of halogens is 2. The summed E-state index contributed by atoms with van der Waals surface area (Å²) in [6.45, 7) is 3.12. The number of imide groups is 1. The highest BCUT2D eigenvalue weighted by molar-refractivity contribution is 6.42. The lowest BCUT2D eigenvalue weighted by Crippen LogP contribution is -2.45. The third-order valence-electron chi connectivity index (χ3n) is 5.22. The minimum Gasteiger partial charge on any atom is -0.348 e. The lowest BCUT2D eigenvalue weighted by atomic mass is 9.93. The van der Waals surface area contributed by atoms with Gasteiger partial charge in [0.2, 0.25) is 5.91 Å². The van der Waals surface area contributed by atoms with Gasteiger partial charge in [0.15, 0.2) is 0 Å². The van der Waals surface area contributed by atoms with E-state index in [0.717, 1.165) is 16.0 Å². The van der Waals surface area contributed by atoms with E-state index < -0.39 is 23.4 Å². The molecule has 2 aromatic rings. The topological polar surface area (TPSA) is 78.5 Å². The lowest BCUT2D eigenvalue weighted by Gasteiger charge is -2.22. The molecule has 8 heteroatoms. The molecule has 1 saturated heterocycles. The predicted octanol–water partition coefficient (Wildman–Crippen LogP) is 4.11. The summed E-state index contributed by atoms with van der Waals surface area (Å²) in [5.74, 6) is -0.842. The van der Waals surface area contributed by atoms with E-state index in [0.29, 0.717) is 22.9 Å². The molecule has 2 N–H and O–H groups in total. The molecule has 0 saturated carbocycles. The van der Waals surface area contributed by atoms with E-state index in [4.69, 9.17) is 23.2 Å². The highest BCUT2D eigenvalue weighted by Crippen LogP contribution is 2.26. The fraction of sp³-hybridized carbons (Fsp3) is 0.318. The van der Waals surface area contributed by atoms with Crippen molar-refractivity contribution >= 4 is 41.0 Å². The summed E-state index contributed by atoms with van der Waals surface area (Å²) in [5, 5.41) is 6.32. The van der Waals surface area contributed by atoms with Gasteiger partial charge in [0, 0.05) is 0 Å². The maximum atomic E-state index is 12.9. The summed E-state index contributed by atoms with van der Waals surface area (Å²) in [7, 11) is 0. The van der Waals surface area contributed by atoms with Crippen LogP contribution in [0.5, 0.6) is 0 Å². The molecular formula is C22H23Cl2N3O3. The predicted molar refractivity (Wildman–Crippen MR) is 116 cm³/mol. The second kappa shape index (κ2) is 9.06. The van der Waals surface area contributed by atoms with Crippen LogP contribution in [0.2, 0.25) is 10.0 Å². The van der Waals surface area contributed by atoms with Gasteiger partial charge in [-0.3, -0.25) is 14.5 Å². The minimum atomic E-state index is -1.04. The molecular weight excluding hydrogens is 425 g/mol. The van der Waals surface area contributed by atoms with Crippen molar-refractivity contribution in [3.8, 4) is 0 Å². The van der Waals surface area contributed by atoms with Crippen LogP contribution in [0.4, 0.5) is 4.79 Å². The molecule has 1 fully saturated rings. The Hall–Kier alpha value is -2.57. The van der Waals surface area contributed by atoms with Gasteiger partial charge in [0.1, 0.15) is 12.1 Å². The summed E-state index contributed by atoms with van der Waals surface area (Å²) in [6.07, 6.45) is 1.08. The number of carbonyl (C=O) groups is 3. The van der Waals surface area contributed by atoms with Crippen LogP contribution in [0, 0.1) is 0 Å². The molecule has 2 atom stereocenters. The molecule has 4 amide bonds. The smallest absolute Gasteiger partial charge is 0.325 e. The zero-order valence-electron chi connectivity index (χ0n) is 16.7. The Balaban J connectivity index is 1.60. The van der Waals surface area contributed by atoms with Crippen LogP contribution >= 0.6 is 23.2 Å². The SMILES string of the molecule is C[C@@H](NC(=O)CN1C(=O)N[C@](C)(CCc2ccccc2)C1=O)c1ccc(Cl)c(Cl)c1. The maximum Gasteiger partial charge on any atom is 0.325 e. The number of rotatable bonds is 7. The second-order valence-corrected chi connectivity index (χ2v) is 8.42. The van der Waals surface area contributed by atoms with Crippen molar-refractivity contribution in [1.29, 1.82) is 0 Å². The van der Waals surface area contributed by atoms with Gasteiger partial charge in [-0.1, -0.05) is 59.6 Å². The van der Waals surface area contributed by atoms with Crippen LogP contribution in [0.1, 0.15) is 37.4 Å². The average molecular weight is 448 g/mol. The Labute approximate surface area is 185 Å². The molecule has 1 heterocycles. The van der Waals surface area contributed by atoms with E-state index in [1.807, 2.05) is 30.3 Å². The van der Waals surface area contributed by atoms with Gasteiger partial charge in [-0.15, -0.1) is 0 Å². The monoisotopic (exact) mass is 447 g/mol. The normalized spacial score (nSPS) is 19.5. The number of urea groups is 1. The summed E-state index contributed by atoms with van der Waals surface area (Å²) in [6, 6.07) is 13.9. The first kappa shape index (κ1) is 22.1. The van der Waals surface area contributed by atoms with Crippen LogP contribution in [0.15, 0.2) is 48.5 Å². The lowest BCUT2D eigenvalue weighted by molar-refractivity contribution is -0.134. The average Bonchev–Trinajstić information content (AvgIpc) is 2.92. The Morgan fingerprint density at radius 1 is 1.13 bits per heavy atom. The molecule has 0 aliphatic carbocycles. The molecule has 0 unspecified atom stereocenters. The van der Waals surface area contributed by atoms with E-state index in [1.54, 1.807) is 32.0 Å². The maximum absolute atomic E-state index is 12.9. The summed E-state index contributed by atoms with van der Waals surface area (Å²) >= 11 is 11.9.